The van der Waals surface area contributed by atoms with Gasteiger partial charge in [0.25, 0.3) is 0 Å². The Kier molecular flexibility index (Phi) is 1.80. The highest BCUT2D eigenvalue weighted by molar-refractivity contribution is 5.78. The van der Waals surface area contributed by atoms with Gasteiger partial charge >= 0.3 is 6.36 Å². The van der Waals surface area contributed by atoms with Gasteiger partial charge in [0.05, 0.1) is 0 Å². The largest absolute Gasteiger partial charge is 0.574 e. The van der Waals surface area contributed by atoms with Crippen molar-refractivity contribution in [3.05, 3.63) is 0 Å². The molecule has 0 spiro atoms. The molecule has 0 fully saturated rings. The van der Waals surface area contributed by atoms with Gasteiger partial charge in [0.2, 0.25) is 5.90 Å². The lowest BCUT2D eigenvalue weighted by Gasteiger charge is -2.05. The fraction of sp³-hybridized carbons (Fsp3) is 0.750. The molecular formula is C4H4F3NO2. The summed E-state index contributed by atoms with van der Waals surface area (Å²) in [5.41, 5.74) is 0. The molecule has 1 heterocycles. The van der Waals surface area contributed by atoms with Gasteiger partial charge in [0.15, 0.2) is 0 Å². The molecule has 0 aromatic carbocycles. The first-order chi connectivity index (χ1) is 4.58. The van der Waals surface area contributed by atoms with Gasteiger partial charge in [-0.2, -0.15) is 0 Å². The second kappa shape index (κ2) is 2.45. The average Bonchev–Trinajstić information content (AvgIpc) is 2.12. The molecule has 0 unspecified atom stereocenters. The zero-order chi connectivity index (χ0) is 7.61. The molecule has 0 saturated carbocycles. The summed E-state index contributed by atoms with van der Waals surface area (Å²) in [5, 5.41) is 0. The number of rotatable bonds is 0. The minimum Gasteiger partial charge on any atom is -0.390 e. The fourth-order valence-corrected chi connectivity index (χ4v) is 0.492. The lowest BCUT2D eigenvalue weighted by atomic mass is 10.7. The summed E-state index contributed by atoms with van der Waals surface area (Å²) in [6, 6.07) is 0. The maximum Gasteiger partial charge on any atom is 0.574 e. The van der Waals surface area contributed by atoms with Crippen LogP contribution in [0.5, 0.6) is 0 Å². The summed E-state index contributed by atoms with van der Waals surface area (Å²) < 4.78 is 41.9. The number of halogens is 3. The Bertz CT molecular complexity index is 153. The molecule has 0 amide bonds. The minimum atomic E-state index is -4.65. The average molecular weight is 155 g/mol. The van der Waals surface area contributed by atoms with Crippen LogP contribution in [0.4, 0.5) is 13.2 Å². The van der Waals surface area contributed by atoms with E-state index in [1.54, 1.807) is 0 Å². The molecule has 0 radical (unpaired) electrons. The van der Waals surface area contributed by atoms with Gasteiger partial charge in [-0.25, -0.2) is 4.99 Å². The molecule has 0 aromatic rings. The van der Waals surface area contributed by atoms with Crippen molar-refractivity contribution in [3.8, 4) is 0 Å². The van der Waals surface area contributed by atoms with Crippen molar-refractivity contribution >= 4 is 5.90 Å². The molecule has 0 atom stereocenters. The number of ether oxygens (including phenoxy) is 2. The van der Waals surface area contributed by atoms with E-state index in [2.05, 4.69) is 14.5 Å². The summed E-state index contributed by atoms with van der Waals surface area (Å²) in [7, 11) is 0. The van der Waals surface area contributed by atoms with Gasteiger partial charge in [-0.15, -0.1) is 13.2 Å². The molecule has 0 N–H and O–H groups in total. The third kappa shape index (κ3) is 2.22. The maximum absolute atomic E-state index is 11.3. The van der Waals surface area contributed by atoms with E-state index >= 15 is 0 Å². The highest BCUT2D eigenvalue weighted by Gasteiger charge is 2.33. The van der Waals surface area contributed by atoms with Crippen molar-refractivity contribution in [2.75, 3.05) is 13.3 Å². The van der Waals surface area contributed by atoms with Crippen molar-refractivity contribution in [2.45, 2.75) is 6.36 Å². The Hall–Kier alpha value is -0.780. The molecule has 10 heavy (non-hydrogen) atoms. The van der Waals surface area contributed by atoms with Crippen LogP contribution in [0, 0.1) is 0 Å². The Morgan fingerprint density at radius 1 is 1.50 bits per heavy atom. The Balaban J connectivity index is 2.38. The van der Waals surface area contributed by atoms with E-state index in [1.807, 2.05) is 0 Å². The van der Waals surface area contributed by atoms with Crippen LogP contribution >= 0.6 is 0 Å². The van der Waals surface area contributed by atoms with E-state index in [0.717, 1.165) is 0 Å². The van der Waals surface area contributed by atoms with Crippen LogP contribution in [0.1, 0.15) is 0 Å². The van der Waals surface area contributed by atoms with Gasteiger partial charge < -0.3 is 9.47 Å². The maximum atomic E-state index is 11.3. The standard InChI is InChI=1S/C4H4F3NO2/c5-4(6,7)10-3-1-9-2-8-3/h1-2H2. The number of hydrogen-bond acceptors (Lipinski definition) is 3. The first-order valence-electron chi connectivity index (χ1n) is 2.45. The van der Waals surface area contributed by atoms with E-state index in [0.29, 0.717) is 0 Å². The number of nitrogens with zero attached hydrogens (tertiary/aromatic N) is 1. The molecule has 1 aliphatic heterocycles. The Morgan fingerprint density at radius 2 is 2.20 bits per heavy atom. The van der Waals surface area contributed by atoms with E-state index in [-0.39, 0.29) is 13.3 Å². The van der Waals surface area contributed by atoms with Gasteiger partial charge in [0.1, 0.15) is 13.3 Å². The zero-order valence-corrected chi connectivity index (χ0v) is 4.81. The Morgan fingerprint density at radius 3 is 2.60 bits per heavy atom. The molecule has 0 bridgehead atoms. The second-order valence-electron chi connectivity index (χ2n) is 1.58. The highest BCUT2D eigenvalue weighted by atomic mass is 19.4. The van der Waals surface area contributed by atoms with Crippen molar-refractivity contribution in [1.29, 1.82) is 0 Å². The first kappa shape index (κ1) is 7.33. The van der Waals surface area contributed by atoms with E-state index in [1.165, 1.54) is 0 Å². The third-order valence-electron chi connectivity index (χ3n) is 0.791. The monoisotopic (exact) mass is 155 g/mol. The van der Waals surface area contributed by atoms with Crippen LogP contribution in [-0.2, 0) is 9.47 Å². The number of alkyl halides is 3. The molecule has 1 rings (SSSR count). The van der Waals surface area contributed by atoms with Crippen LogP contribution in [0.3, 0.4) is 0 Å². The van der Waals surface area contributed by atoms with E-state index in [4.69, 9.17) is 0 Å². The van der Waals surface area contributed by atoms with Crippen LogP contribution in [0.25, 0.3) is 0 Å². The summed E-state index contributed by atoms with van der Waals surface area (Å²) in [4.78, 5) is 3.27. The number of hydrogen-bond donors (Lipinski definition) is 0. The van der Waals surface area contributed by atoms with Crippen LogP contribution < -0.4 is 0 Å². The predicted molar refractivity (Wildman–Crippen MR) is 25.4 cm³/mol. The first-order valence-corrected chi connectivity index (χ1v) is 2.45. The van der Waals surface area contributed by atoms with Crippen molar-refractivity contribution in [3.63, 3.8) is 0 Å². The SMILES string of the molecule is FC(F)(F)OC1=NCOC1. The Labute approximate surface area is 54.4 Å². The molecule has 0 saturated heterocycles. The lowest BCUT2D eigenvalue weighted by Crippen LogP contribution is -2.20. The summed E-state index contributed by atoms with van der Waals surface area (Å²) in [5.74, 6) is -0.410. The smallest absolute Gasteiger partial charge is 0.390 e. The van der Waals surface area contributed by atoms with Gasteiger partial charge in [-0.3, -0.25) is 0 Å². The molecule has 58 valence electrons. The van der Waals surface area contributed by atoms with Crippen LogP contribution in [0.2, 0.25) is 0 Å². The second-order valence-corrected chi connectivity index (χ2v) is 1.58. The summed E-state index contributed by atoms with van der Waals surface area (Å²) in [6.45, 7) is -0.245. The molecular weight excluding hydrogens is 151 g/mol. The molecule has 0 aromatic heterocycles. The van der Waals surface area contributed by atoms with E-state index < -0.39 is 12.3 Å². The third-order valence-corrected chi connectivity index (χ3v) is 0.791. The zero-order valence-electron chi connectivity index (χ0n) is 4.81. The molecule has 3 nitrogen and oxygen atoms in total. The fourth-order valence-electron chi connectivity index (χ4n) is 0.492. The summed E-state index contributed by atoms with van der Waals surface area (Å²) in [6.07, 6.45) is -4.65. The topological polar surface area (TPSA) is 30.8 Å². The van der Waals surface area contributed by atoms with Gasteiger partial charge in [0, 0.05) is 0 Å². The molecule has 0 aliphatic carbocycles. The molecule has 6 heteroatoms. The van der Waals surface area contributed by atoms with Crippen LogP contribution in [-0.4, -0.2) is 25.6 Å². The number of aliphatic imine (C=N–C) groups is 1. The van der Waals surface area contributed by atoms with Gasteiger partial charge in [-0.05, 0) is 0 Å². The van der Waals surface area contributed by atoms with Crippen LogP contribution in [0.15, 0.2) is 4.99 Å². The molecule has 1 aliphatic rings. The lowest BCUT2D eigenvalue weighted by molar-refractivity contribution is -0.284. The van der Waals surface area contributed by atoms with E-state index in [9.17, 15) is 13.2 Å². The predicted octanol–water partition coefficient (Wildman–Crippen LogP) is 0.909. The summed E-state index contributed by atoms with van der Waals surface area (Å²) >= 11 is 0. The van der Waals surface area contributed by atoms with Crippen molar-refractivity contribution in [2.24, 2.45) is 4.99 Å². The highest BCUT2D eigenvalue weighted by Crippen LogP contribution is 2.17. The normalized spacial score (nSPS) is 18.9. The minimum absolute atomic E-state index is 0.0502. The van der Waals surface area contributed by atoms with Crippen molar-refractivity contribution in [1.82, 2.24) is 0 Å². The quantitative estimate of drug-likeness (QED) is 0.520. The van der Waals surface area contributed by atoms with Crippen molar-refractivity contribution < 1.29 is 22.6 Å². The van der Waals surface area contributed by atoms with Gasteiger partial charge in [-0.1, -0.05) is 0 Å².